The van der Waals surface area contributed by atoms with Crippen molar-refractivity contribution in [2.24, 2.45) is 11.8 Å². The third-order valence-corrected chi connectivity index (χ3v) is 7.12. The second-order valence-electron chi connectivity index (χ2n) is 9.35. The molecule has 1 fully saturated rings. The van der Waals surface area contributed by atoms with Crippen LogP contribution in [-0.4, -0.2) is 42.3 Å². The molecule has 35 heavy (non-hydrogen) atoms. The molecule has 1 saturated carbocycles. The molecule has 0 spiro atoms. The van der Waals surface area contributed by atoms with E-state index in [0.717, 1.165) is 35.1 Å². The number of hydrogen-bond acceptors (Lipinski definition) is 4. The number of aliphatic carboxylic acids is 1. The predicted molar refractivity (Wildman–Crippen MR) is 133 cm³/mol. The van der Waals surface area contributed by atoms with Gasteiger partial charge in [0, 0.05) is 12.5 Å². The number of nitrogens with one attached hydrogen (secondary N) is 2. The van der Waals surface area contributed by atoms with Crippen LogP contribution < -0.4 is 10.6 Å². The molecular formula is C28H32N2O5. The molecule has 0 aliphatic heterocycles. The maximum Gasteiger partial charge on any atom is 0.407 e. The van der Waals surface area contributed by atoms with Gasteiger partial charge in [-0.2, -0.15) is 0 Å². The number of amides is 2. The van der Waals surface area contributed by atoms with Crippen molar-refractivity contribution in [3.8, 4) is 11.1 Å². The number of carbonyl (C=O) groups is 3. The van der Waals surface area contributed by atoms with Crippen molar-refractivity contribution in [3.63, 3.8) is 0 Å². The van der Waals surface area contributed by atoms with Crippen molar-refractivity contribution >= 4 is 18.0 Å². The Hall–Kier alpha value is -3.61. The Kier molecular flexibility index (Phi) is 7.85. The second-order valence-corrected chi connectivity index (χ2v) is 9.35. The smallest absolute Gasteiger partial charge is 0.407 e. The summed E-state index contributed by atoms with van der Waals surface area (Å²) in [6, 6.07) is 15.5. The Morgan fingerprint density at radius 1 is 1.00 bits per heavy atom. The number of benzene rings is 2. The van der Waals surface area contributed by atoms with E-state index in [9.17, 15) is 14.4 Å². The van der Waals surface area contributed by atoms with E-state index >= 15 is 0 Å². The molecular weight excluding hydrogens is 444 g/mol. The van der Waals surface area contributed by atoms with Gasteiger partial charge in [0.1, 0.15) is 12.6 Å². The van der Waals surface area contributed by atoms with Gasteiger partial charge in [-0.1, -0.05) is 54.6 Å². The Morgan fingerprint density at radius 2 is 1.60 bits per heavy atom. The molecule has 3 N–H and O–H groups in total. The van der Waals surface area contributed by atoms with Crippen LogP contribution in [0.2, 0.25) is 0 Å². The van der Waals surface area contributed by atoms with Crippen LogP contribution in [0, 0.1) is 11.8 Å². The third kappa shape index (κ3) is 5.73. The number of hydrogen-bond donors (Lipinski definition) is 3. The molecule has 184 valence electrons. The first-order valence-corrected chi connectivity index (χ1v) is 12.2. The highest BCUT2D eigenvalue weighted by Gasteiger charge is 2.30. The van der Waals surface area contributed by atoms with Crippen LogP contribution in [0.3, 0.4) is 0 Å². The molecule has 2 aromatic rings. The van der Waals surface area contributed by atoms with Crippen LogP contribution in [0.4, 0.5) is 4.79 Å². The number of fused-ring (bicyclic) bond motifs is 3. The zero-order valence-electron chi connectivity index (χ0n) is 19.7. The first-order valence-electron chi connectivity index (χ1n) is 12.2. The third-order valence-electron chi connectivity index (χ3n) is 7.12. The van der Waals surface area contributed by atoms with Crippen LogP contribution in [0.5, 0.6) is 0 Å². The second kappa shape index (κ2) is 11.2. The van der Waals surface area contributed by atoms with Gasteiger partial charge in [-0.25, -0.2) is 4.79 Å². The summed E-state index contributed by atoms with van der Waals surface area (Å²) >= 11 is 0. The number of carboxylic acids is 1. The van der Waals surface area contributed by atoms with E-state index in [1.807, 2.05) is 24.3 Å². The van der Waals surface area contributed by atoms with Crippen LogP contribution in [0.1, 0.15) is 49.1 Å². The van der Waals surface area contributed by atoms with E-state index in [-0.39, 0.29) is 36.7 Å². The van der Waals surface area contributed by atoms with E-state index in [1.54, 1.807) is 6.08 Å². The summed E-state index contributed by atoms with van der Waals surface area (Å²) in [6.07, 6.45) is 4.02. The van der Waals surface area contributed by atoms with Crippen molar-refractivity contribution < 1.29 is 24.2 Å². The van der Waals surface area contributed by atoms with E-state index in [1.165, 1.54) is 0 Å². The van der Waals surface area contributed by atoms with Gasteiger partial charge in [0.25, 0.3) is 0 Å². The zero-order chi connectivity index (χ0) is 24.8. The van der Waals surface area contributed by atoms with E-state index in [2.05, 4.69) is 41.5 Å². The molecule has 2 aromatic carbocycles. The number of rotatable bonds is 9. The van der Waals surface area contributed by atoms with Gasteiger partial charge in [-0.15, -0.1) is 6.58 Å². The minimum atomic E-state index is -0.779. The van der Waals surface area contributed by atoms with Crippen LogP contribution in [-0.2, 0) is 14.3 Å². The van der Waals surface area contributed by atoms with E-state index < -0.39 is 18.1 Å². The topological polar surface area (TPSA) is 105 Å². The number of alkyl carbamates (subject to hydrolysis) is 1. The van der Waals surface area contributed by atoms with Crippen LogP contribution in [0.25, 0.3) is 11.1 Å². The zero-order valence-corrected chi connectivity index (χ0v) is 19.7. The Morgan fingerprint density at radius 3 is 2.17 bits per heavy atom. The minimum absolute atomic E-state index is 0.0549. The largest absolute Gasteiger partial charge is 0.481 e. The first kappa shape index (κ1) is 24.5. The molecule has 4 rings (SSSR count). The van der Waals surface area contributed by atoms with Gasteiger partial charge in [-0.05, 0) is 60.3 Å². The standard InChI is InChI=1S/C28H32N2O5/c1-2-7-25(26(31)29-16-18-12-14-19(15-13-18)27(32)33)30-28(34)35-17-24-22-10-5-3-8-20(22)21-9-4-6-11-23(21)24/h2-6,8-11,18-19,24-25H,1,7,12-17H2,(H,29,31)(H,30,34)(H,32,33). The number of carbonyl (C=O) groups excluding carboxylic acids is 2. The summed E-state index contributed by atoms with van der Waals surface area (Å²) in [5.74, 6) is -1.13. The molecule has 2 aliphatic carbocycles. The summed E-state index contributed by atoms with van der Waals surface area (Å²) in [6.45, 7) is 4.34. The quantitative estimate of drug-likeness (QED) is 0.463. The molecule has 0 aromatic heterocycles. The average molecular weight is 477 g/mol. The summed E-state index contributed by atoms with van der Waals surface area (Å²) in [5, 5.41) is 14.7. The van der Waals surface area contributed by atoms with E-state index in [4.69, 9.17) is 9.84 Å². The van der Waals surface area contributed by atoms with Crippen LogP contribution >= 0.6 is 0 Å². The average Bonchev–Trinajstić information content (AvgIpc) is 3.19. The lowest BCUT2D eigenvalue weighted by atomic mass is 9.82. The summed E-state index contributed by atoms with van der Waals surface area (Å²) in [4.78, 5) is 36.5. The van der Waals surface area contributed by atoms with Gasteiger partial charge in [-0.3, -0.25) is 9.59 Å². The van der Waals surface area contributed by atoms with Gasteiger partial charge in [0.2, 0.25) is 5.91 Å². The van der Waals surface area contributed by atoms with Gasteiger partial charge >= 0.3 is 12.1 Å². The van der Waals surface area contributed by atoms with E-state index in [0.29, 0.717) is 19.4 Å². The van der Waals surface area contributed by atoms with Crippen molar-refractivity contribution in [2.45, 2.75) is 44.1 Å². The Bertz CT molecular complexity index is 1040. The monoisotopic (exact) mass is 476 g/mol. The fraction of sp³-hybridized carbons (Fsp3) is 0.393. The molecule has 7 heteroatoms. The Balaban J connectivity index is 1.29. The van der Waals surface area contributed by atoms with Gasteiger partial charge < -0.3 is 20.5 Å². The normalized spacial score (nSPS) is 19.7. The fourth-order valence-corrected chi connectivity index (χ4v) is 5.16. The lowest BCUT2D eigenvalue weighted by Gasteiger charge is -2.27. The van der Waals surface area contributed by atoms with Crippen LogP contribution in [0.15, 0.2) is 61.2 Å². The molecule has 1 atom stereocenters. The molecule has 7 nitrogen and oxygen atoms in total. The molecule has 0 radical (unpaired) electrons. The van der Waals surface area contributed by atoms with Crippen molar-refractivity contribution in [3.05, 3.63) is 72.3 Å². The highest BCUT2D eigenvalue weighted by Crippen LogP contribution is 2.44. The SMILES string of the molecule is C=CCC(NC(=O)OCC1c2ccccc2-c2ccccc21)C(=O)NCC1CCC(C(=O)O)CC1. The molecule has 2 aliphatic rings. The predicted octanol–water partition coefficient (Wildman–Crippen LogP) is 4.48. The summed E-state index contributed by atoms with van der Waals surface area (Å²) < 4.78 is 5.58. The fourth-order valence-electron chi connectivity index (χ4n) is 5.16. The molecule has 0 heterocycles. The minimum Gasteiger partial charge on any atom is -0.481 e. The summed E-state index contributed by atoms with van der Waals surface area (Å²) in [5.41, 5.74) is 4.55. The molecule has 2 amide bonds. The molecule has 0 saturated heterocycles. The maximum atomic E-state index is 12.7. The maximum absolute atomic E-state index is 12.7. The summed E-state index contributed by atoms with van der Waals surface area (Å²) in [7, 11) is 0. The molecule has 1 unspecified atom stereocenters. The van der Waals surface area contributed by atoms with Crippen molar-refractivity contribution in [2.75, 3.05) is 13.2 Å². The first-order chi connectivity index (χ1) is 17.0. The van der Waals surface area contributed by atoms with Crippen molar-refractivity contribution in [1.29, 1.82) is 0 Å². The Labute approximate surface area is 205 Å². The number of ether oxygens (including phenoxy) is 1. The highest BCUT2D eigenvalue weighted by atomic mass is 16.5. The lowest BCUT2D eigenvalue weighted by Crippen LogP contribution is -2.48. The van der Waals surface area contributed by atoms with Gasteiger partial charge in [0.15, 0.2) is 0 Å². The lowest BCUT2D eigenvalue weighted by molar-refractivity contribution is -0.143. The molecule has 0 bridgehead atoms. The van der Waals surface area contributed by atoms with Gasteiger partial charge in [0.05, 0.1) is 5.92 Å². The highest BCUT2D eigenvalue weighted by molar-refractivity contribution is 5.86. The number of carboxylic acid groups (broad SMARTS) is 1. The van der Waals surface area contributed by atoms with Crippen molar-refractivity contribution in [1.82, 2.24) is 10.6 Å².